The molecule has 0 aliphatic carbocycles. The van der Waals surface area contributed by atoms with Gasteiger partial charge in [0, 0.05) is 12.1 Å². The number of furan rings is 1. The molecule has 0 saturated heterocycles. The standard InChI is InChI=1S/C22H18ClN5O2/c23-19-9-5-4-8-17(19)20-11-10-16(30-20)14-18(21-25-27-28-26-21)22(29)24-13-12-15-6-2-1-3-7-15/h1-11,14H,12-13H2,(H,24,29)(H,25,26,27,28). The molecule has 0 bridgehead atoms. The van der Waals surface area contributed by atoms with Gasteiger partial charge in [0.15, 0.2) is 0 Å². The summed E-state index contributed by atoms with van der Waals surface area (Å²) in [5.41, 5.74) is 2.16. The molecule has 0 spiro atoms. The number of halogens is 1. The Morgan fingerprint density at radius 3 is 2.63 bits per heavy atom. The van der Waals surface area contributed by atoms with Crippen LogP contribution in [-0.2, 0) is 11.2 Å². The molecule has 0 atom stereocenters. The monoisotopic (exact) mass is 419 g/mol. The van der Waals surface area contributed by atoms with E-state index in [2.05, 4.69) is 25.9 Å². The lowest BCUT2D eigenvalue weighted by Gasteiger charge is -2.06. The third-order valence-corrected chi connectivity index (χ3v) is 4.76. The number of hydrogen-bond donors (Lipinski definition) is 2. The van der Waals surface area contributed by atoms with E-state index in [0.717, 1.165) is 11.1 Å². The minimum Gasteiger partial charge on any atom is -0.457 e. The Hall–Kier alpha value is -3.71. The fourth-order valence-corrected chi connectivity index (χ4v) is 3.18. The number of amides is 1. The lowest BCUT2D eigenvalue weighted by molar-refractivity contribution is -0.115. The predicted molar refractivity (Wildman–Crippen MR) is 114 cm³/mol. The topological polar surface area (TPSA) is 96.7 Å². The number of aromatic amines is 1. The number of rotatable bonds is 7. The number of benzene rings is 2. The van der Waals surface area contributed by atoms with Crippen LogP contribution in [0.15, 0.2) is 71.1 Å². The van der Waals surface area contributed by atoms with E-state index in [1.807, 2.05) is 48.5 Å². The molecule has 2 aromatic heterocycles. The van der Waals surface area contributed by atoms with Gasteiger partial charge in [-0.3, -0.25) is 4.79 Å². The molecule has 0 aliphatic rings. The van der Waals surface area contributed by atoms with E-state index < -0.39 is 0 Å². The van der Waals surface area contributed by atoms with Gasteiger partial charge in [0.1, 0.15) is 11.5 Å². The summed E-state index contributed by atoms with van der Waals surface area (Å²) in [5, 5.41) is 17.3. The number of carbonyl (C=O) groups excluding carboxylic acids is 1. The SMILES string of the molecule is O=C(NCCc1ccccc1)C(=Cc1ccc(-c2ccccc2Cl)o1)c1nn[nH]n1. The van der Waals surface area contributed by atoms with Crippen LogP contribution in [0, 0.1) is 0 Å². The van der Waals surface area contributed by atoms with E-state index in [1.165, 1.54) is 0 Å². The van der Waals surface area contributed by atoms with Crippen LogP contribution in [0.4, 0.5) is 0 Å². The molecule has 7 nitrogen and oxygen atoms in total. The molecule has 0 unspecified atom stereocenters. The Bertz CT molecular complexity index is 1150. The third-order valence-electron chi connectivity index (χ3n) is 4.43. The smallest absolute Gasteiger partial charge is 0.255 e. The summed E-state index contributed by atoms with van der Waals surface area (Å²) < 4.78 is 5.88. The van der Waals surface area contributed by atoms with E-state index >= 15 is 0 Å². The number of aromatic nitrogens is 4. The first-order valence-electron chi connectivity index (χ1n) is 9.33. The van der Waals surface area contributed by atoms with Crippen LogP contribution < -0.4 is 5.32 Å². The highest BCUT2D eigenvalue weighted by molar-refractivity contribution is 6.33. The van der Waals surface area contributed by atoms with E-state index in [1.54, 1.807) is 24.3 Å². The highest BCUT2D eigenvalue weighted by Gasteiger charge is 2.17. The zero-order chi connectivity index (χ0) is 20.8. The van der Waals surface area contributed by atoms with Gasteiger partial charge in [0.2, 0.25) is 5.82 Å². The molecule has 150 valence electrons. The van der Waals surface area contributed by atoms with Crippen LogP contribution >= 0.6 is 11.6 Å². The van der Waals surface area contributed by atoms with E-state index in [4.69, 9.17) is 16.0 Å². The molecule has 30 heavy (non-hydrogen) atoms. The van der Waals surface area contributed by atoms with Gasteiger partial charge in [-0.15, -0.1) is 10.2 Å². The Morgan fingerprint density at radius 2 is 1.87 bits per heavy atom. The van der Waals surface area contributed by atoms with E-state index in [-0.39, 0.29) is 17.3 Å². The highest BCUT2D eigenvalue weighted by atomic mass is 35.5. The molecule has 1 amide bonds. The summed E-state index contributed by atoms with van der Waals surface area (Å²) in [6.45, 7) is 0.473. The molecular formula is C22H18ClN5O2. The molecule has 4 rings (SSSR count). The predicted octanol–water partition coefficient (Wildman–Crippen LogP) is 4.01. The number of nitrogens with one attached hydrogen (secondary N) is 2. The second-order valence-corrected chi connectivity index (χ2v) is 6.87. The first-order chi connectivity index (χ1) is 14.7. The number of H-pyrrole nitrogens is 1. The molecule has 4 aromatic rings. The summed E-state index contributed by atoms with van der Waals surface area (Å²) in [4.78, 5) is 12.8. The zero-order valence-electron chi connectivity index (χ0n) is 15.9. The van der Waals surface area contributed by atoms with Gasteiger partial charge >= 0.3 is 0 Å². The Morgan fingerprint density at radius 1 is 1.07 bits per heavy atom. The first-order valence-corrected chi connectivity index (χ1v) is 9.71. The van der Waals surface area contributed by atoms with Crippen LogP contribution in [0.5, 0.6) is 0 Å². The number of carbonyl (C=O) groups is 1. The van der Waals surface area contributed by atoms with Crippen LogP contribution in [0.3, 0.4) is 0 Å². The molecule has 0 aliphatic heterocycles. The molecule has 0 radical (unpaired) electrons. The second-order valence-electron chi connectivity index (χ2n) is 6.47. The molecule has 2 N–H and O–H groups in total. The summed E-state index contributed by atoms with van der Waals surface area (Å²) >= 11 is 6.24. The van der Waals surface area contributed by atoms with Crippen LogP contribution in [-0.4, -0.2) is 33.1 Å². The van der Waals surface area contributed by atoms with Crippen molar-refractivity contribution in [2.24, 2.45) is 0 Å². The second kappa shape index (κ2) is 9.19. The lowest BCUT2D eigenvalue weighted by atomic mass is 10.1. The van der Waals surface area contributed by atoms with Crippen molar-refractivity contribution in [3.8, 4) is 11.3 Å². The number of nitrogens with zero attached hydrogens (tertiary/aromatic N) is 3. The van der Waals surface area contributed by atoms with Gasteiger partial charge in [0.25, 0.3) is 5.91 Å². The highest BCUT2D eigenvalue weighted by Crippen LogP contribution is 2.30. The van der Waals surface area contributed by atoms with Crippen molar-refractivity contribution >= 4 is 29.2 Å². The fraction of sp³-hybridized carbons (Fsp3) is 0.0909. The quantitative estimate of drug-likeness (QED) is 0.441. The molecular weight excluding hydrogens is 402 g/mol. The average molecular weight is 420 g/mol. The van der Waals surface area contributed by atoms with Crippen molar-refractivity contribution < 1.29 is 9.21 Å². The molecule has 2 aromatic carbocycles. The largest absolute Gasteiger partial charge is 0.457 e. The maximum Gasteiger partial charge on any atom is 0.255 e. The normalized spacial score (nSPS) is 11.4. The van der Waals surface area contributed by atoms with Crippen LogP contribution in [0.2, 0.25) is 5.02 Å². The fourth-order valence-electron chi connectivity index (χ4n) is 2.95. The third kappa shape index (κ3) is 4.64. The van der Waals surface area contributed by atoms with Gasteiger partial charge in [-0.1, -0.05) is 54.1 Å². The van der Waals surface area contributed by atoms with Crippen molar-refractivity contribution in [1.29, 1.82) is 0 Å². The maximum atomic E-state index is 12.8. The summed E-state index contributed by atoms with van der Waals surface area (Å²) in [6.07, 6.45) is 2.30. The number of tetrazole rings is 1. The Labute approximate surface area is 177 Å². The Kier molecular flexibility index (Phi) is 6.01. The van der Waals surface area contributed by atoms with Gasteiger partial charge < -0.3 is 9.73 Å². The number of hydrogen-bond acceptors (Lipinski definition) is 5. The van der Waals surface area contributed by atoms with Crippen molar-refractivity contribution in [2.45, 2.75) is 6.42 Å². The molecule has 8 heteroatoms. The summed E-state index contributed by atoms with van der Waals surface area (Å²) in [6, 6.07) is 20.9. The van der Waals surface area contributed by atoms with Gasteiger partial charge in [-0.05, 0) is 47.5 Å². The van der Waals surface area contributed by atoms with Crippen molar-refractivity contribution in [3.05, 3.63) is 88.9 Å². The van der Waals surface area contributed by atoms with Crippen LogP contribution in [0.1, 0.15) is 17.1 Å². The average Bonchev–Trinajstić information content (AvgIpc) is 3.45. The van der Waals surface area contributed by atoms with Crippen molar-refractivity contribution in [2.75, 3.05) is 6.54 Å². The maximum absolute atomic E-state index is 12.8. The molecule has 0 saturated carbocycles. The first kappa shape index (κ1) is 19.6. The minimum absolute atomic E-state index is 0.183. The lowest BCUT2D eigenvalue weighted by Crippen LogP contribution is -2.27. The molecule has 0 fully saturated rings. The molecule has 2 heterocycles. The Balaban J connectivity index is 1.53. The van der Waals surface area contributed by atoms with Crippen molar-refractivity contribution in [1.82, 2.24) is 25.9 Å². The van der Waals surface area contributed by atoms with E-state index in [9.17, 15) is 4.79 Å². The summed E-state index contributed by atoms with van der Waals surface area (Å²) in [5.74, 6) is 0.942. The summed E-state index contributed by atoms with van der Waals surface area (Å²) in [7, 11) is 0. The zero-order valence-corrected chi connectivity index (χ0v) is 16.6. The minimum atomic E-state index is -0.317. The van der Waals surface area contributed by atoms with Crippen molar-refractivity contribution in [3.63, 3.8) is 0 Å². The van der Waals surface area contributed by atoms with Gasteiger partial charge in [0.05, 0.1) is 10.6 Å². The van der Waals surface area contributed by atoms with Gasteiger partial charge in [-0.2, -0.15) is 5.21 Å². The van der Waals surface area contributed by atoms with Gasteiger partial charge in [-0.25, -0.2) is 0 Å². The van der Waals surface area contributed by atoms with Crippen LogP contribution in [0.25, 0.3) is 23.0 Å². The van der Waals surface area contributed by atoms with E-state index in [0.29, 0.717) is 29.5 Å².